The molecule has 0 bridgehead atoms. The molecular formula is C10H16O4. The molecule has 0 rings (SSSR count). The molecule has 1 N–H and O–H groups in total. The number of carboxylic acid groups (broad SMARTS) is 1. The summed E-state index contributed by atoms with van der Waals surface area (Å²) in [6.45, 7) is 6.84. The highest BCUT2D eigenvalue weighted by molar-refractivity contribution is 5.93. The van der Waals surface area contributed by atoms with Gasteiger partial charge in [-0.1, -0.05) is 6.08 Å². The van der Waals surface area contributed by atoms with E-state index in [1.807, 2.05) is 0 Å². The van der Waals surface area contributed by atoms with E-state index in [4.69, 9.17) is 9.84 Å². The lowest BCUT2D eigenvalue weighted by Gasteiger charge is -2.13. The van der Waals surface area contributed by atoms with Crippen molar-refractivity contribution in [3.05, 3.63) is 12.7 Å². The van der Waals surface area contributed by atoms with Crippen molar-refractivity contribution in [2.75, 3.05) is 0 Å². The molecule has 0 heterocycles. The van der Waals surface area contributed by atoms with Gasteiger partial charge in [-0.3, -0.25) is 9.59 Å². The van der Waals surface area contributed by atoms with Crippen molar-refractivity contribution in [1.82, 2.24) is 0 Å². The maximum Gasteiger partial charge on any atom is 0.320 e. The molecule has 0 fully saturated rings. The second-order valence-electron chi connectivity index (χ2n) is 3.24. The van der Waals surface area contributed by atoms with Crippen LogP contribution in [0.5, 0.6) is 0 Å². The van der Waals surface area contributed by atoms with Gasteiger partial charge in [0.1, 0.15) is 0 Å². The van der Waals surface area contributed by atoms with Crippen LogP contribution >= 0.6 is 0 Å². The van der Waals surface area contributed by atoms with Crippen molar-refractivity contribution in [1.29, 1.82) is 0 Å². The van der Waals surface area contributed by atoms with Crippen LogP contribution in [0.2, 0.25) is 0 Å². The molecule has 0 spiro atoms. The summed E-state index contributed by atoms with van der Waals surface area (Å²) in [5.41, 5.74) is 0. The highest BCUT2D eigenvalue weighted by atomic mass is 16.5. The molecule has 4 nitrogen and oxygen atoms in total. The summed E-state index contributed by atoms with van der Waals surface area (Å²) in [4.78, 5) is 22.0. The second kappa shape index (κ2) is 6.18. The second-order valence-corrected chi connectivity index (χ2v) is 3.24. The van der Waals surface area contributed by atoms with Gasteiger partial charge >= 0.3 is 11.9 Å². The van der Waals surface area contributed by atoms with Crippen LogP contribution in [0.25, 0.3) is 0 Å². The number of aliphatic carboxylic acids is 1. The zero-order valence-corrected chi connectivity index (χ0v) is 8.53. The van der Waals surface area contributed by atoms with Crippen LogP contribution in [0, 0.1) is 5.92 Å². The van der Waals surface area contributed by atoms with Crippen LogP contribution in [0.4, 0.5) is 0 Å². The van der Waals surface area contributed by atoms with Crippen LogP contribution in [0.15, 0.2) is 12.7 Å². The van der Waals surface area contributed by atoms with Gasteiger partial charge in [0.05, 0.1) is 6.10 Å². The predicted octanol–water partition coefficient (Wildman–Crippen LogP) is 1.60. The first-order chi connectivity index (χ1) is 6.49. The maximum atomic E-state index is 11.3. The van der Waals surface area contributed by atoms with Gasteiger partial charge in [0.25, 0.3) is 0 Å². The monoisotopic (exact) mass is 200 g/mol. The Labute approximate surface area is 83.6 Å². The van der Waals surface area contributed by atoms with E-state index in [2.05, 4.69) is 6.58 Å². The highest BCUT2D eigenvalue weighted by Gasteiger charge is 2.27. The third-order valence-corrected chi connectivity index (χ3v) is 1.59. The number of hydrogen-bond acceptors (Lipinski definition) is 3. The van der Waals surface area contributed by atoms with Crippen LogP contribution in [-0.2, 0) is 14.3 Å². The molecule has 80 valence electrons. The average Bonchev–Trinajstić information content (AvgIpc) is 2.02. The quantitative estimate of drug-likeness (QED) is 0.402. The Kier molecular flexibility index (Phi) is 5.60. The van der Waals surface area contributed by atoms with E-state index in [0.29, 0.717) is 6.42 Å². The maximum absolute atomic E-state index is 11.3. The summed E-state index contributed by atoms with van der Waals surface area (Å²) in [5, 5.41) is 8.75. The lowest BCUT2D eigenvalue weighted by Crippen LogP contribution is -2.27. The van der Waals surface area contributed by atoms with Crippen LogP contribution < -0.4 is 0 Å². The lowest BCUT2D eigenvalue weighted by molar-refractivity contribution is -0.161. The van der Waals surface area contributed by atoms with E-state index in [1.165, 1.54) is 0 Å². The van der Waals surface area contributed by atoms with Gasteiger partial charge in [-0.25, -0.2) is 0 Å². The lowest BCUT2D eigenvalue weighted by atomic mass is 10.0. The minimum Gasteiger partial charge on any atom is -0.481 e. The molecule has 14 heavy (non-hydrogen) atoms. The first-order valence-electron chi connectivity index (χ1n) is 4.53. The SMILES string of the molecule is C=CCCC(C(=O)O)C(=O)OC(C)C. The third kappa shape index (κ3) is 4.64. The fourth-order valence-corrected chi connectivity index (χ4v) is 0.941. The molecule has 0 aromatic heterocycles. The molecular weight excluding hydrogens is 184 g/mol. The topological polar surface area (TPSA) is 63.6 Å². The molecule has 0 aliphatic carbocycles. The van der Waals surface area contributed by atoms with Crippen molar-refractivity contribution in [2.24, 2.45) is 5.92 Å². The first-order valence-corrected chi connectivity index (χ1v) is 4.53. The molecule has 1 unspecified atom stereocenters. The zero-order valence-electron chi connectivity index (χ0n) is 8.53. The van der Waals surface area contributed by atoms with Crippen molar-refractivity contribution < 1.29 is 19.4 Å². The number of carbonyl (C=O) groups excluding carboxylic acids is 1. The van der Waals surface area contributed by atoms with Gasteiger partial charge < -0.3 is 9.84 Å². The number of esters is 1. The molecule has 0 amide bonds. The van der Waals surface area contributed by atoms with Crippen molar-refractivity contribution in [3.63, 3.8) is 0 Å². The Balaban J connectivity index is 4.25. The predicted molar refractivity (Wildman–Crippen MR) is 51.8 cm³/mol. The number of rotatable bonds is 6. The smallest absolute Gasteiger partial charge is 0.320 e. The molecule has 1 atom stereocenters. The van der Waals surface area contributed by atoms with E-state index in [0.717, 1.165) is 0 Å². The van der Waals surface area contributed by atoms with Gasteiger partial charge in [0.15, 0.2) is 5.92 Å². The van der Waals surface area contributed by atoms with Crippen LogP contribution in [0.1, 0.15) is 26.7 Å². The Bertz CT molecular complexity index is 220. The van der Waals surface area contributed by atoms with Gasteiger partial charge in [0.2, 0.25) is 0 Å². The number of carboxylic acids is 1. The molecule has 0 aromatic carbocycles. The number of ether oxygens (including phenoxy) is 1. The normalized spacial score (nSPS) is 12.2. The average molecular weight is 200 g/mol. The van der Waals surface area contributed by atoms with Crippen LogP contribution in [0.3, 0.4) is 0 Å². The number of hydrogen-bond donors (Lipinski definition) is 1. The van der Waals surface area contributed by atoms with E-state index >= 15 is 0 Å². The zero-order chi connectivity index (χ0) is 11.1. The number of allylic oxidation sites excluding steroid dienone is 1. The molecule has 0 aliphatic rings. The fraction of sp³-hybridized carbons (Fsp3) is 0.600. The Morgan fingerprint density at radius 3 is 2.43 bits per heavy atom. The molecule has 0 radical (unpaired) electrons. The van der Waals surface area contributed by atoms with E-state index in [1.54, 1.807) is 19.9 Å². The van der Waals surface area contributed by atoms with Crippen LogP contribution in [-0.4, -0.2) is 23.1 Å². The van der Waals surface area contributed by atoms with Gasteiger partial charge in [-0.05, 0) is 26.7 Å². The minimum absolute atomic E-state index is 0.240. The Hall–Kier alpha value is -1.32. The van der Waals surface area contributed by atoms with Gasteiger partial charge in [-0.2, -0.15) is 0 Å². The summed E-state index contributed by atoms with van der Waals surface area (Å²) in [7, 11) is 0. The fourth-order valence-electron chi connectivity index (χ4n) is 0.941. The largest absolute Gasteiger partial charge is 0.481 e. The standard InChI is InChI=1S/C10H16O4/c1-4-5-6-8(9(11)12)10(13)14-7(2)3/h4,7-8H,1,5-6H2,2-3H3,(H,11,12). The Morgan fingerprint density at radius 1 is 1.50 bits per heavy atom. The summed E-state index contributed by atoms with van der Waals surface area (Å²) in [6, 6.07) is 0. The van der Waals surface area contributed by atoms with Gasteiger partial charge in [-0.15, -0.1) is 6.58 Å². The Morgan fingerprint density at radius 2 is 2.07 bits per heavy atom. The number of carbonyl (C=O) groups is 2. The van der Waals surface area contributed by atoms with Crippen molar-refractivity contribution in [2.45, 2.75) is 32.8 Å². The van der Waals surface area contributed by atoms with E-state index in [9.17, 15) is 9.59 Å². The molecule has 4 heteroatoms. The van der Waals surface area contributed by atoms with Gasteiger partial charge in [0, 0.05) is 0 Å². The molecule has 0 saturated heterocycles. The van der Waals surface area contributed by atoms with Crippen molar-refractivity contribution >= 4 is 11.9 Å². The summed E-state index contributed by atoms with van der Waals surface area (Å²) in [5.74, 6) is -2.89. The summed E-state index contributed by atoms with van der Waals surface area (Å²) < 4.78 is 4.82. The molecule has 0 aromatic rings. The minimum atomic E-state index is -1.14. The van der Waals surface area contributed by atoms with Crippen molar-refractivity contribution in [3.8, 4) is 0 Å². The molecule has 0 aliphatic heterocycles. The summed E-state index contributed by atoms with van der Waals surface area (Å²) in [6.07, 6.45) is 2.03. The third-order valence-electron chi connectivity index (χ3n) is 1.59. The van der Waals surface area contributed by atoms with E-state index < -0.39 is 17.9 Å². The van der Waals surface area contributed by atoms with E-state index in [-0.39, 0.29) is 12.5 Å². The molecule has 0 saturated carbocycles. The highest BCUT2D eigenvalue weighted by Crippen LogP contribution is 2.10. The first kappa shape index (κ1) is 12.7. The summed E-state index contributed by atoms with van der Waals surface area (Å²) >= 11 is 0.